The van der Waals surface area contributed by atoms with Gasteiger partial charge in [-0.15, -0.1) is 0 Å². The Morgan fingerprint density at radius 3 is 2.47 bits per heavy atom. The van der Waals surface area contributed by atoms with E-state index in [0.29, 0.717) is 0 Å². The minimum atomic E-state index is -1.10. The smallest absolute Gasteiger partial charge is 0.201 e. The molecule has 0 radical (unpaired) electrons. The van der Waals surface area contributed by atoms with Crippen LogP contribution in [-0.2, 0) is 0 Å². The van der Waals surface area contributed by atoms with Gasteiger partial charge < -0.3 is 15.7 Å². The number of hydrogen-bond donors (Lipinski definition) is 2. The van der Waals surface area contributed by atoms with Crippen molar-refractivity contribution >= 4 is 5.84 Å². The van der Waals surface area contributed by atoms with Gasteiger partial charge in [0.1, 0.15) is 5.75 Å². The summed E-state index contributed by atoms with van der Waals surface area (Å²) < 4.78 is 31.8. The molecule has 0 aliphatic rings. The van der Waals surface area contributed by atoms with Crippen molar-refractivity contribution < 1.29 is 18.7 Å². The van der Waals surface area contributed by atoms with Gasteiger partial charge in [-0.2, -0.15) is 4.39 Å². The van der Waals surface area contributed by atoms with Gasteiger partial charge in [-0.25, -0.2) is 4.39 Å². The average Bonchev–Trinajstić information content (AvgIpc) is 2.43. The Balaban J connectivity index is 2.42. The van der Waals surface area contributed by atoms with Crippen LogP contribution in [0.3, 0.4) is 0 Å². The standard InChI is InChI=1S/C13H10F2N2O2/c14-9-5-3-7-11(12(9)15)19-10-6-2-1-4-8(10)13(16)17-18/h1-7,18H,(H2,16,17). The number of rotatable bonds is 3. The van der Waals surface area contributed by atoms with E-state index in [1.165, 1.54) is 24.3 Å². The summed E-state index contributed by atoms with van der Waals surface area (Å²) in [7, 11) is 0. The van der Waals surface area contributed by atoms with Crippen molar-refractivity contribution in [3.8, 4) is 11.5 Å². The lowest BCUT2D eigenvalue weighted by atomic mass is 10.2. The van der Waals surface area contributed by atoms with E-state index in [4.69, 9.17) is 15.7 Å². The molecule has 2 aromatic carbocycles. The minimum absolute atomic E-state index is 0.155. The van der Waals surface area contributed by atoms with Gasteiger partial charge in [-0.1, -0.05) is 23.4 Å². The Morgan fingerprint density at radius 1 is 1.05 bits per heavy atom. The number of ether oxygens (including phenoxy) is 1. The molecule has 0 fully saturated rings. The average molecular weight is 264 g/mol. The molecule has 0 aromatic heterocycles. The Kier molecular flexibility index (Phi) is 3.61. The Morgan fingerprint density at radius 2 is 1.74 bits per heavy atom. The van der Waals surface area contributed by atoms with Gasteiger partial charge in [0.15, 0.2) is 17.4 Å². The molecular weight excluding hydrogens is 254 g/mol. The zero-order valence-electron chi connectivity index (χ0n) is 9.68. The Hall–Kier alpha value is -2.63. The molecule has 2 rings (SSSR count). The number of nitrogens with two attached hydrogens (primary N) is 1. The molecule has 3 N–H and O–H groups in total. The molecule has 0 spiro atoms. The molecule has 0 unspecified atom stereocenters. The molecule has 0 atom stereocenters. The maximum absolute atomic E-state index is 13.5. The summed E-state index contributed by atoms with van der Waals surface area (Å²) in [6.45, 7) is 0. The van der Waals surface area contributed by atoms with Crippen molar-refractivity contribution in [1.29, 1.82) is 0 Å². The van der Waals surface area contributed by atoms with Crippen LogP contribution >= 0.6 is 0 Å². The number of amidine groups is 1. The summed E-state index contributed by atoms with van der Waals surface area (Å²) in [5.74, 6) is -2.43. The number of nitrogens with zero attached hydrogens (tertiary/aromatic N) is 1. The van der Waals surface area contributed by atoms with Crippen LogP contribution in [0.25, 0.3) is 0 Å². The van der Waals surface area contributed by atoms with E-state index >= 15 is 0 Å². The third-order valence-corrected chi connectivity index (χ3v) is 2.41. The van der Waals surface area contributed by atoms with Crippen LogP contribution in [-0.4, -0.2) is 11.0 Å². The summed E-state index contributed by atoms with van der Waals surface area (Å²) in [6, 6.07) is 9.88. The maximum Gasteiger partial charge on any atom is 0.201 e. The van der Waals surface area contributed by atoms with Crippen molar-refractivity contribution in [3.63, 3.8) is 0 Å². The topological polar surface area (TPSA) is 67.8 Å². The second kappa shape index (κ2) is 5.34. The molecule has 0 saturated carbocycles. The monoisotopic (exact) mass is 264 g/mol. The molecule has 0 aliphatic carbocycles. The number of oxime groups is 1. The van der Waals surface area contributed by atoms with Crippen LogP contribution in [0.4, 0.5) is 8.78 Å². The molecule has 19 heavy (non-hydrogen) atoms. The molecule has 4 nitrogen and oxygen atoms in total. The van der Waals surface area contributed by atoms with Crippen molar-refractivity contribution in [2.75, 3.05) is 0 Å². The van der Waals surface area contributed by atoms with Crippen LogP contribution in [0, 0.1) is 11.6 Å². The summed E-state index contributed by atoms with van der Waals surface area (Å²) in [5, 5.41) is 11.5. The predicted molar refractivity (Wildman–Crippen MR) is 65.4 cm³/mol. The van der Waals surface area contributed by atoms with Crippen LogP contribution in [0.15, 0.2) is 47.6 Å². The minimum Gasteiger partial charge on any atom is -0.453 e. The largest absolute Gasteiger partial charge is 0.453 e. The summed E-state index contributed by atoms with van der Waals surface area (Å²) in [5.41, 5.74) is 5.74. The molecule has 0 bridgehead atoms. The van der Waals surface area contributed by atoms with Crippen molar-refractivity contribution in [2.24, 2.45) is 10.9 Å². The van der Waals surface area contributed by atoms with Gasteiger partial charge in [0.25, 0.3) is 0 Å². The molecule has 0 amide bonds. The lowest BCUT2D eigenvalue weighted by molar-refractivity contribution is 0.318. The highest BCUT2D eigenvalue weighted by atomic mass is 19.2. The van der Waals surface area contributed by atoms with Crippen molar-refractivity contribution in [2.45, 2.75) is 0 Å². The van der Waals surface area contributed by atoms with E-state index < -0.39 is 11.6 Å². The summed E-state index contributed by atoms with van der Waals surface area (Å²) >= 11 is 0. The quantitative estimate of drug-likeness (QED) is 0.387. The second-order valence-corrected chi connectivity index (χ2v) is 3.64. The predicted octanol–water partition coefficient (Wildman–Crippen LogP) is 2.85. The summed E-state index contributed by atoms with van der Waals surface area (Å²) in [4.78, 5) is 0. The van der Waals surface area contributed by atoms with Crippen LogP contribution < -0.4 is 10.5 Å². The van der Waals surface area contributed by atoms with E-state index in [9.17, 15) is 8.78 Å². The number of benzene rings is 2. The van der Waals surface area contributed by atoms with E-state index in [1.807, 2.05) is 0 Å². The van der Waals surface area contributed by atoms with Gasteiger partial charge >= 0.3 is 0 Å². The second-order valence-electron chi connectivity index (χ2n) is 3.64. The van der Waals surface area contributed by atoms with Gasteiger partial charge in [0, 0.05) is 0 Å². The van der Waals surface area contributed by atoms with E-state index in [0.717, 1.165) is 6.07 Å². The fraction of sp³-hybridized carbons (Fsp3) is 0. The SMILES string of the molecule is NC(=NO)c1ccccc1Oc1cccc(F)c1F. The lowest BCUT2D eigenvalue weighted by Crippen LogP contribution is -2.14. The van der Waals surface area contributed by atoms with E-state index in [2.05, 4.69) is 5.16 Å². The highest BCUT2D eigenvalue weighted by Gasteiger charge is 2.13. The van der Waals surface area contributed by atoms with E-state index in [-0.39, 0.29) is 22.9 Å². The number of halogens is 2. The van der Waals surface area contributed by atoms with Gasteiger partial charge in [0.2, 0.25) is 5.82 Å². The first-order chi connectivity index (χ1) is 9.13. The molecule has 0 heterocycles. The number of hydrogen-bond acceptors (Lipinski definition) is 3. The van der Waals surface area contributed by atoms with Crippen LogP contribution in [0.1, 0.15) is 5.56 Å². The maximum atomic E-state index is 13.5. The molecule has 98 valence electrons. The first-order valence-corrected chi connectivity index (χ1v) is 5.32. The zero-order chi connectivity index (χ0) is 13.8. The lowest BCUT2D eigenvalue weighted by Gasteiger charge is -2.10. The molecule has 2 aromatic rings. The van der Waals surface area contributed by atoms with Gasteiger partial charge in [-0.05, 0) is 24.3 Å². The molecular formula is C13H10F2N2O2. The highest BCUT2D eigenvalue weighted by molar-refractivity contribution is 5.99. The van der Waals surface area contributed by atoms with E-state index in [1.54, 1.807) is 12.1 Å². The molecule has 6 heteroatoms. The third-order valence-electron chi connectivity index (χ3n) is 2.41. The highest BCUT2D eigenvalue weighted by Crippen LogP contribution is 2.28. The van der Waals surface area contributed by atoms with Gasteiger partial charge in [0.05, 0.1) is 5.56 Å². The normalized spacial score (nSPS) is 11.4. The van der Waals surface area contributed by atoms with Crippen molar-refractivity contribution in [1.82, 2.24) is 0 Å². The number of para-hydroxylation sites is 1. The Bertz CT molecular complexity index is 630. The summed E-state index contributed by atoms with van der Waals surface area (Å²) in [6.07, 6.45) is 0. The first-order valence-electron chi connectivity index (χ1n) is 5.32. The fourth-order valence-corrected chi connectivity index (χ4v) is 1.50. The third kappa shape index (κ3) is 2.62. The van der Waals surface area contributed by atoms with Crippen LogP contribution in [0.5, 0.6) is 11.5 Å². The fourth-order valence-electron chi connectivity index (χ4n) is 1.50. The Labute approximate surface area is 107 Å². The first kappa shape index (κ1) is 12.8. The molecule has 0 aliphatic heterocycles. The zero-order valence-corrected chi connectivity index (χ0v) is 9.68. The van der Waals surface area contributed by atoms with Gasteiger partial charge in [-0.3, -0.25) is 0 Å². The van der Waals surface area contributed by atoms with Crippen molar-refractivity contribution in [3.05, 3.63) is 59.7 Å². The van der Waals surface area contributed by atoms with Crippen LogP contribution in [0.2, 0.25) is 0 Å². The molecule has 0 saturated heterocycles.